The molecule has 0 saturated heterocycles. The van der Waals surface area contributed by atoms with Crippen molar-refractivity contribution >= 4 is 17.6 Å². The van der Waals surface area contributed by atoms with Gasteiger partial charge in [0.2, 0.25) is 0 Å². The van der Waals surface area contributed by atoms with E-state index in [1.54, 1.807) is 34.7 Å². The maximum Gasteiger partial charge on any atom is 0.416 e. The molecule has 11 heteroatoms. The zero-order chi connectivity index (χ0) is 26.8. The van der Waals surface area contributed by atoms with Gasteiger partial charge in [0.15, 0.2) is 5.78 Å². The normalized spacial score (nSPS) is 13.2. The smallest absolute Gasteiger partial charge is 0.416 e. The van der Waals surface area contributed by atoms with Crippen molar-refractivity contribution in [3.8, 4) is 0 Å². The molecule has 2 N–H and O–H groups in total. The maximum atomic E-state index is 13.2. The van der Waals surface area contributed by atoms with E-state index in [0.29, 0.717) is 23.4 Å². The fraction of sp³-hybridized carbons (Fsp3) is 0.417. The van der Waals surface area contributed by atoms with Crippen molar-refractivity contribution in [3.63, 3.8) is 0 Å². The van der Waals surface area contributed by atoms with Gasteiger partial charge < -0.3 is 15.4 Å². The van der Waals surface area contributed by atoms with E-state index < -0.39 is 52.6 Å². The Kier molecular flexibility index (Phi) is 8.14. The van der Waals surface area contributed by atoms with Crippen LogP contribution in [0.1, 0.15) is 60.3 Å². The zero-order valence-corrected chi connectivity index (χ0v) is 19.7. The summed E-state index contributed by atoms with van der Waals surface area (Å²) in [7, 11) is 1.61. The molecule has 0 aliphatic carbocycles. The first-order chi connectivity index (χ1) is 15.9. The number of amides is 1. The van der Waals surface area contributed by atoms with E-state index in [1.807, 2.05) is 0 Å². The van der Waals surface area contributed by atoms with Crippen LogP contribution < -0.4 is 10.6 Å². The lowest BCUT2D eigenvalue weighted by Gasteiger charge is -2.22. The topological polar surface area (TPSA) is 67.4 Å². The third-order valence-corrected chi connectivity index (χ3v) is 4.78. The van der Waals surface area contributed by atoms with Crippen molar-refractivity contribution in [1.29, 1.82) is 0 Å². The summed E-state index contributed by atoms with van der Waals surface area (Å²) in [5, 5.41) is 5.54. The Morgan fingerprint density at radius 1 is 0.886 bits per heavy atom. The van der Waals surface area contributed by atoms with Crippen molar-refractivity contribution < 1.29 is 40.7 Å². The Hall–Kier alpha value is -3.24. The van der Waals surface area contributed by atoms with Crippen LogP contribution in [0.4, 0.5) is 36.8 Å². The van der Waals surface area contributed by atoms with E-state index >= 15 is 0 Å². The van der Waals surface area contributed by atoms with E-state index in [0.717, 1.165) is 0 Å². The average Bonchev–Trinajstić information content (AvgIpc) is 2.70. The molecule has 5 nitrogen and oxygen atoms in total. The highest BCUT2D eigenvalue weighted by Gasteiger charge is 2.37. The van der Waals surface area contributed by atoms with Crippen LogP contribution in [0.15, 0.2) is 36.4 Å². The summed E-state index contributed by atoms with van der Waals surface area (Å²) in [5.74, 6) is -1.00. The molecule has 1 amide bonds. The summed E-state index contributed by atoms with van der Waals surface area (Å²) >= 11 is 0. The Morgan fingerprint density at radius 3 is 1.89 bits per heavy atom. The number of benzene rings is 2. The SMILES string of the molecule is CNc1ccc(C(=O)c2cc(C(F)(F)F)cc(C(F)(F)F)c2)cc1CC(C)NC(=O)OC(C)(C)C. The number of halogens is 6. The minimum atomic E-state index is -5.07. The number of ketones is 1. The third kappa shape index (κ3) is 7.90. The van der Waals surface area contributed by atoms with Gasteiger partial charge in [0, 0.05) is 29.9 Å². The number of anilines is 1. The highest BCUT2D eigenvalue weighted by atomic mass is 19.4. The first-order valence-corrected chi connectivity index (χ1v) is 10.5. The van der Waals surface area contributed by atoms with Gasteiger partial charge in [0.1, 0.15) is 5.60 Å². The standard InChI is InChI=1S/C24H26F6N2O3/c1-13(32-21(34)35-22(2,3)4)8-15-9-14(6-7-19(15)31-5)20(33)16-10-17(23(25,26)27)12-18(11-16)24(28,29)30/h6-7,9-13,31H,8H2,1-5H3,(H,32,34). The highest BCUT2D eigenvalue weighted by Crippen LogP contribution is 2.37. The number of alkyl halides is 6. The number of carbonyl (C=O) groups is 2. The summed E-state index contributed by atoms with van der Waals surface area (Å²) < 4.78 is 84.3. The summed E-state index contributed by atoms with van der Waals surface area (Å²) in [5.41, 5.74) is -3.61. The van der Waals surface area contributed by atoms with Crippen molar-refractivity contribution in [3.05, 3.63) is 64.2 Å². The molecule has 2 aromatic rings. The van der Waals surface area contributed by atoms with E-state index in [2.05, 4.69) is 10.6 Å². The van der Waals surface area contributed by atoms with Gasteiger partial charge in [-0.25, -0.2) is 4.79 Å². The molecular formula is C24H26F6N2O3. The van der Waals surface area contributed by atoms with E-state index in [4.69, 9.17) is 4.74 Å². The minimum Gasteiger partial charge on any atom is -0.444 e. The molecule has 1 unspecified atom stereocenters. The molecule has 2 aromatic carbocycles. The first-order valence-electron chi connectivity index (χ1n) is 10.5. The molecule has 0 aromatic heterocycles. The Bertz CT molecular complexity index is 1060. The lowest BCUT2D eigenvalue weighted by Crippen LogP contribution is -2.38. The molecule has 0 saturated carbocycles. The number of hydrogen-bond acceptors (Lipinski definition) is 4. The molecule has 0 heterocycles. The molecule has 1 atom stereocenters. The number of ether oxygens (including phenoxy) is 1. The van der Waals surface area contributed by atoms with Crippen LogP contribution in [-0.4, -0.2) is 30.6 Å². The Morgan fingerprint density at radius 2 is 1.43 bits per heavy atom. The summed E-state index contributed by atoms with van der Waals surface area (Å²) in [6.45, 7) is 6.77. The monoisotopic (exact) mass is 504 g/mol. The van der Waals surface area contributed by atoms with Crippen LogP contribution >= 0.6 is 0 Å². The fourth-order valence-corrected chi connectivity index (χ4v) is 3.29. The lowest BCUT2D eigenvalue weighted by molar-refractivity contribution is -0.143. The number of hydrogen-bond donors (Lipinski definition) is 2. The van der Waals surface area contributed by atoms with Gasteiger partial charge in [0.25, 0.3) is 0 Å². The van der Waals surface area contributed by atoms with Crippen LogP contribution in [0.25, 0.3) is 0 Å². The van der Waals surface area contributed by atoms with Crippen LogP contribution in [0, 0.1) is 0 Å². The molecule has 0 bridgehead atoms. The summed E-state index contributed by atoms with van der Waals surface area (Å²) in [6, 6.07) is 4.46. The van der Waals surface area contributed by atoms with Crippen molar-refractivity contribution in [2.24, 2.45) is 0 Å². The van der Waals surface area contributed by atoms with Gasteiger partial charge in [-0.05, 0) is 76.1 Å². The predicted molar refractivity (Wildman–Crippen MR) is 118 cm³/mol. The summed E-state index contributed by atoms with van der Waals surface area (Å²) in [6.07, 6.45) is -10.6. The van der Waals surface area contributed by atoms with Gasteiger partial charge in [-0.2, -0.15) is 26.3 Å². The Balaban J connectivity index is 2.40. The van der Waals surface area contributed by atoms with Crippen LogP contribution in [0.3, 0.4) is 0 Å². The third-order valence-electron chi connectivity index (χ3n) is 4.78. The quantitative estimate of drug-likeness (QED) is 0.350. The highest BCUT2D eigenvalue weighted by molar-refractivity contribution is 6.09. The molecule has 0 fully saturated rings. The van der Waals surface area contributed by atoms with Gasteiger partial charge in [-0.1, -0.05) is 0 Å². The number of nitrogens with one attached hydrogen (secondary N) is 2. The predicted octanol–water partition coefficient (Wildman–Crippen LogP) is 6.45. The van der Waals surface area contributed by atoms with Crippen molar-refractivity contribution in [1.82, 2.24) is 5.32 Å². The zero-order valence-electron chi connectivity index (χ0n) is 19.7. The molecule has 35 heavy (non-hydrogen) atoms. The number of carbonyl (C=O) groups excluding carboxylic acids is 2. The molecule has 192 valence electrons. The largest absolute Gasteiger partial charge is 0.444 e. The maximum absolute atomic E-state index is 13.2. The minimum absolute atomic E-state index is 0.0314. The first kappa shape index (κ1) is 28.0. The number of rotatable bonds is 6. The second-order valence-corrected chi connectivity index (χ2v) is 9.00. The van der Waals surface area contributed by atoms with E-state index in [-0.39, 0.29) is 18.1 Å². The second-order valence-electron chi connectivity index (χ2n) is 9.00. The molecule has 0 aliphatic heterocycles. The Labute approximate surface area is 198 Å². The van der Waals surface area contributed by atoms with Crippen LogP contribution in [-0.2, 0) is 23.5 Å². The van der Waals surface area contributed by atoms with Crippen molar-refractivity contribution in [2.75, 3.05) is 12.4 Å². The molecule has 0 radical (unpaired) electrons. The van der Waals surface area contributed by atoms with Gasteiger partial charge in [0.05, 0.1) is 11.1 Å². The van der Waals surface area contributed by atoms with E-state index in [9.17, 15) is 35.9 Å². The lowest BCUT2D eigenvalue weighted by atomic mass is 9.95. The number of alkyl carbamates (subject to hydrolysis) is 1. The average molecular weight is 504 g/mol. The summed E-state index contributed by atoms with van der Waals surface area (Å²) in [4.78, 5) is 24.9. The van der Waals surface area contributed by atoms with Crippen LogP contribution in [0.2, 0.25) is 0 Å². The van der Waals surface area contributed by atoms with Gasteiger partial charge >= 0.3 is 18.4 Å². The fourth-order valence-electron chi connectivity index (χ4n) is 3.29. The van der Waals surface area contributed by atoms with Gasteiger partial charge in [-0.15, -0.1) is 0 Å². The van der Waals surface area contributed by atoms with E-state index in [1.165, 1.54) is 18.2 Å². The molecule has 0 spiro atoms. The van der Waals surface area contributed by atoms with Crippen molar-refractivity contribution in [2.45, 2.75) is 58.1 Å². The molecular weight excluding hydrogens is 478 g/mol. The molecule has 2 rings (SSSR count). The van der Waals surface area contributed by atoms with Crippen LogP contribution in [0.5, 0.6) is 0 Å². The molecule has 0 aliphatic rings. The second kappa shape index (κ2) is 10.2. The van der Waals surface area contributed by atoms with Gasteiger partial charge in [-0.3, -0.25) is 4.79 Å².